The van der Waals surface area contributed by atoms with Gasteiger partial charge in [0.05, 0.1) is 18.5 Å². The van der Waals surface area contributed by atoms with Gasteiger partial charge in [0.25, 0.3) is 0 Å². The van der Waals surface area contributed by atoms with Crippen LogP contribution in [0, 0.1) is 0 Å². The van der Waals surface area contributed by atoms with E-state index in [1.54, 1.807) is 6.20 Å². The van der Waals surface area contributed by atoms with Gasteiger partial charge in [0, 0.05) is 12.6 Å². The summed E-state index contributed by atoms with van der Waals surface area (Å²) in [6.07, 6.45) is 6.22. The van der Waals surface area contributed by atoms with Crippen LogP contribution in [0.4, 0.5) is 0 Å². The van der Waals surface area contributed by atoms with Gasteiger partial charge in [-0.2, -0.15) is 5.10 Å². The fourth-order valence-corrected chi connectivity index (χ4v) is 1.64. The molecule has 1 fully saturated rings. The zero-order chi connectivity index (χ0) is 10.7. The molecule has 1 unspecified atom stereocenters. The van der Waals surface area contributed by atoms with Crippen molar-refractivity contribution in [3.8, 4) is 5.75 Å². The first-order valence-corrected chi connectivity index (χ1v) is 5.54. The van der Waals surface area contributed by atoms with Crippen LogP contribution in [0.15, 0.2) is 12.4 Å². The average Bonchev–Trinajstić information content (AvgIpc) is 2.86. The maximum absolute atomic E-state index is 5.61. The van der Waals surface area contributed by atoms with E-state index in [1.165, 1.54) is 0 Å². The summed E-state index contributed by atoms with van der Waals surface area (Å²) in [5.41, 5.74) is 0. The van der Waals surface area contributed by atoms with Gasteiger partial charge >= 0.3 is 0 Å². The second-order valence-electron chi connectivity index (χ2n) is 4.20. The molecule has 4 heteroatoms. The summed E-state index contributed by atoms with van der Waals surface area (Å²) in [6, 6.07) is 0.380. The molecule has 0 aromatic carbocycles. The van der Waals surface area contributed by atoms with E-state index >= 15 is 0 Å². The van der Waals surface area contributed by atoms with Crippen molar-refractivity contribution in [1.82, 2.24) is 9.78 Å². The minimum absolute atomic E-state index is 0.271. The fourth-order valence-electron chi connectivity index (χ4n) is 1.64. The molecular weight excluding hydrogens is 192 g/mol. The van der Waals surface area contributed by atoms with Crippen molar-refractivity contribution >= 4 is 0 Å². The Bertz CT molecular complexity index is 303. The van der Waals surface area contributed by atoms with Gasteiger partial charge in [0.2, 0.25) is 0 Å². The first-order valence-electron chi connectivity index (χ1n) is 5.54. The molecule has 1 saturated heterocycles. The summed E-state index contributed by atoms with van der Waals surface area (Å²) in [7, 11) is 0. The van der Waals surface area contributed by atoms with Gasteiger partial charge in [0.15, 0.2) is 5.75 Å². The minimum atomic E-state index is 0.271. The number of hydrogen-bond donors (Lipinski definition) is 0. The topological polar surface area (TPSA) is 36.3 Å². The van der Waals surface area contributed by atoms with E-state index in [1.807, 2.05) is 10.9 Å². The molecule has 1 aliphatic rings. The van der Waals surface area contributed by atoms with E-state index in [0.29, 0.717) is 12.6 Å². The van der Waals surface area contributed by atoms with E-state index in [-0.39, 0.29) is 6.10 Å². The molecule has 2 heterocycles. The summed E-state index contributed by atoms with van der Waals surface area (Å²) in [5.74, 6) is 0.833. The Hall–Kier alpha value is -1.03. The Morgan fingerprint density at radius 2 is 2.53 bits per heavy atom. The quantitative estimate of drug-likeness (QED) is 0.762. The third-order valence-corrected chi connectivity index (χ3v) is 2.57. The number of aromatic nitrogens is 2. The van der Waals surface area contributed by atoms with Gasteiger partial charge in [-0.25, -0.2) is 0 Å². The van der Waals surface area contributed by atoms with Crippen molar-refractivity contribution in [1.29, 1.82) is 0 Å². The average molecular weight is 210 g/mol. The van der Waals surface area contributed by atoms with Crippen LogP contribution < -0.4 is 4.74 Å². The number of nitrogens with zero attached hydrogens (tertiary/aromatic N) is 2. The molecule has 1 aliphatic heterocycles. The highest BCUT2D eigenvalue weighted by Crippen LogP contribution is 2.16. The second-order valence-corrected chi connectivity index (χ2v) is 4.20. The van der Waals surface area contributed by atoms with E-state index in [2.05, 4.69) is 18.9 Å². The molecule has 0 saturated carbocycles. The Kier molecular flexibility index (Phi) is 3.26. The Labute approximate surface area is 90.2 Å². The molecule has 0 spiro atoms. The monoisotopic (exact) mass is 210 g/mol. The van der Waals surface area contributed by atoms with Crippen LogP contribution in [-0.2, 0) is 4.74 Å². The molecule has 1 aromatic heterocycles. The summed E-state index contributed by atoms with van der Waals surface area (Å²) in [6.45, 7) is 5.71. The van der Waals surface area contributed by atoms with Gasteiger partial charge in [-0.3, -0.25) is 4.68 Å². The van der Waals surface area contributed by atoms with E-state index in [9.17, 15) is 0 Å². The van der Waals surface area contributed by atoms with Crippen LogP contribution in [0.5, 0.6) is 5.75 Å². The number of hydrogen-bond acceptors (Lipinski definition) is 3. The van der Waals surface area contributed by atoms with E-state index in [4.69, 9.17) is 9.47 Å². The lowest BCUT2D eigenvalue weighted by molar-refractivity contribution is 0.0679. The largest absolute Gasteiger partial charge is 0.488 e. The highest BCUT2D eigenvalue weighted by molar-refractivity contribution is 5.12. The summed E-state index contributed by atoms with van der Waals surface area (Å²) >= 11 is 0. The van der Waals surface area contributed by atoms with Crippen LogP contribution >= 0.6 is 0 Å². The van der Waals surface area contributed by atoms with Crippen LogP contribution in [-0.4, -0.2) is 29.1 Å². The molecule has 1 atom stereocenters. The lowest BCUT2D eigenvalue weighted by Gasteiger charge is -2.09. The van der Waals surface area contributed by atoms with Crippen molar-refractivity contribution in [2.24, 2.45) is 0 Å². The van der Waals surface area contributed by atoms with Gasteiger partial charge in [-0.1, -0.05) is 0 Å². The van der Waals surface area contributed by atoms with E-state index < -0.39 is 0 Å². The van der Waals surface area contributed by atoms with Crippen LogP contribution in [0.1, 0.15) is 32.7 Å². The first-order chi connectivity index (χ1) is 7.25. The Morgan fingerprint density at radius 3 is 3.13 bits per heavy atom. The molecule has 0 aliphatic carbocycles. The van der Waals surface area contributed by atoms with Crippen molar-refractivity contribution in [2.45, 2.75) is 38.8 Å². The maximum atomic E-state index is 5.61. The lowest BCUT2D eigenvalue weighted by atomic mass is 10.2. The first kappa shape index (κ1) is 10.5. The van der Waals surface area contributed by atoms with Crippen molar-refractivity contribution < 1.29 is 9.47 Å². The van der Waals surface area contributed by atoms with Gasteiger partial charge in [-0.15, -0.1) is 0 Å². The molecule has 0 amide bonds. The third-order valence-electron chi connectivity index (χ3n) is 2.57. The molecule has 0 radical (unpaired) electrons. The molecular formula is C11H18N2O2. The summed E-state index contributed by atoms with van der Waals surface area (Å²) in [4.78, 5) is 0. The highest BCUT2D eigenvalue weighted by Gasteiger charge is 2.16. The van der Waals surface area contributed by atoms with Crippen LogP contribution in [0.2, 0.25) is 0 Å². The predicted molar refractivity (Wildman–Crippen MR) is 57.1 cm³/mol. The van der Waals surface area contributed by atoms with Crippen molar-refractivity contribution in [3.63, 3.8) is 0 Å². The van der Waals surface area contributed by atoms with Crippen molar-refractivity contribution in [2.75, 3.05) is 13.2 Å². The predicted octanol–water partition coefficient (Wildman–Crippen LogP) is 2.02. The Morgan fingerprint density at radius 1 is 1.67 bits per heavy atom. The molecule has 1 aromatic rings. The smallest absolute Gasteiger partial charge is 0.157 e. The molecule has 4 nitrogen and oxygen atoms in total. The molecule has 2 rings (SSSR count). The summed E-state index contributed by atoms with van der Waals surface area (Å²) in [5, 5.41) is 4.21. The molecule has 0 N–H and O–H groups in total. The third kappa shape index (κ3) is 2.72. The Balaban J connectivity index is 1.82. The fraction of sp³-hybridized carbons (Fsp3) is 0.727. The second kappa shape index (κ2) is 4.66. The summed E-state index contributed by atoms with van der Waals surface area (Å²) < 4.78 is 13.0. The SMILES string of the molecule is CC(C)n1cc(OCC2CCCO2)cn1. The zero-order valence-corrected chi connectivity index (χ0v) is 9.35. The molecule has 0 bridgehead atoms. The normalized spacial score (nSPS) is 21.1. The van der Waals surface area contributed by atoms with Gasteiger partial charge in [-0.05, 0) is 26.7 Å². The van der Waals surface area contributed by atoms with Crippen LogP contribution in [0.3, 0.4) is 0 Å². The van der Waals surface area contributed by atoms with Crippen molar-refractivity contribution in [3.05, 3.63) is 12.4 Å². The minimum Gasteiger partial charge on any atom is -0.488 e. The zero-order valence-electron chi connectivity index (χ0n) is 9.35. The highest BCUT2D eigenvalue weighted by atomic mass is 16.5. The molecule has 84 valence electrons. The maximum Gasteiger partial charge on any atom is 0.157 e. The molecule has 15 heavy (non-hydrogen) atoms. The van der Waals surface area contributed by atoms with Crippen LogP contribution in [0.25, 0.3) is 0 Å². The van der Waals surface area contributed by atoms with Gasteiger partial charge in [0.1, 0.15) is 6.61 Å². The van der Waals surface area contributed by atoms with E-state index in [0.717, 1.165) is 25.2 Å². The standard InChI is InChI=1S/C11H18N2O2/c1-9(2)13-7-11(6-12-13)15-8-10-4-3-5-14-10/h6-7,9-10H,3-5,8H2,1-2H3. The number of rotatable bonds is 4. The number of ether oxygens (including phenoxy) is 2. The van der Waals surface area contributed by atoms with Gasteiger partial charge < -0.3 is 9.47 Å². The lowest BCUT2D eigenvalue weighted by Crippen LogP contribution is -2.16.